The van der Waals surface area contributed by atoms with Crippen molar-refractivity contribution < 1.29 is 9.59 Å². The van der Waals surface area contributed by atoms with E-state index >= 15 is 0 Å². The van der Waals surface area contributed by atoms with E-state index in [1.807, 2.05) is 49.0 Å². The average molecular weight is 361 g/mol. The van der Waals surface area contributed by atoms with Crippen molar-refractivity contribution in [3.8, 4) is 0 Å². The van der Waals surface area contributed by atoms with Gasteiger partial charge in [-0.3, -0.25) is 4.79 Å². The summed E-state index contributed by atoms with van der Waals surface area (Å²) in [6, 6.07) is 5.64. The zero-order valence-corrected chi connectivity index (χ0v) is 16.6. The Morgan fingerprint density at radius 3 is 2.46 bits per heavy atom. The summed E-state index contributed by atoms with van der Waals surface area (Å²) in [6.45, 7) is 8.03. The number of benzene rings is 1. The van der Waals surface area contributed by atoms with Crippen LogP contribution in [0.2, 0.25) is 0 Å². The number of rotatable bonds is 8. The molecule has 1 aromatic carbocycles. The molecule has 0 saturated heterocycles. The third-order valence-electron chi connectivity index (χ3n) is 4.34. The number of nitrogens with one attached hydrogen (secondary N) is 2. The van der Waals surface area contributed by atoms with Crippen LogP contribution in [0, 0.1) is 11.8 Å². The number of nitrogens with zero attached hydrogens (tertiary/aromatic N) is 2. The van der Waals surface area contributed by atoms with Crippen LogP contribution in [-0.4, -0.2) is 44.0 Å². The minimum absolute atomic E-state index is 0.202. The monoisotopic (exact) mass is 360 g/mol. The van der Waals surface area contributed by atoms with Gasteiger partial charge in [0.05, 0.1) is 0 Å². The Kier molecular flexibility index (Phi) is 6.89. The molecule has 144 valence electrons. The third kappa shape index (κ3) is 5.64. The molecule has 1 aliphatic carbocycles. The van der Waals surface area contributed by atoms with Gasteiger partial charge in [0.1, 0.15) is 0 Å². The van der Waals surface area contributed by atoms with Crippen LogP contribution in [-0.2, 0) is 11.3 Å². The molecule has 0 spiro atoms. The highest BCUT2D eigenvalue weighted by Gasteiger charge is 2.33. The SMILES string of the molecule is CCNC(=O)Nc1ccc(N(C)C)c(CN(CC(C)C)C(=O)C2CC2)c1. The van der Waals surface area contributed by atoms with Crippen molar-refractivity contribution in [1.82, 2.24) is 10.2 Å². The van der Waals surface area contributed by atoms with Gasteiger partial charge in [-0.1, -0.05) is 13.8 Å². The summed E-state index contributed by atoms with van der Waals surface area (Å²) in [5.74, 6) is 0.871. The molecule has 0 aliphatic heterocycles. The first-order valence-corrected chi connectivity index (χ1v) is 9.45. The van der Waals surface area contributed by atoms with Gasteiger partial charge >= 0.3 is 6.03 Å². The second kappa shape index (κ2) is 8.92. The summed E-state index contributed by atoms with van der Waals surface area (Å²) in [4.78, 5) is 28.5. The van der Waals surface area contributed by atoms with Gasteiger partial charge in [-0.05, 0) is 49.4 Å². The number of hydrogen-bond acceptors (Lipinski definition) is 3. The molecule has 1 aromatic rings. The fraction of sp³-hybridized carbons (Fsp3) is 0.600. The molecule has 0 aromatic heterocycles. The first kappa shape index (κ1) is 20.1. The zero-order chi connectivity index (χ0) is 19.3. The standard InChI is InChI=1S/C20H32N4O2/c1-6-21-20(26)22-17-9-10-18(23(4)5)16(11-17)13-24(12-14(2)3)19(25)15-7-8-15/h9-11,14-15H,6-8,12-13H2,1-5H3,(H2,21,22,26). The highest BCUT2D eigenvalue weighted by molar-refractivity contribution is 5.89. The first-order valence-electron chi connectivity index (χ1n) is 9.45. The summed E-state index contributed by atoms with van der Waals surface area (Å²) < 4.78 is 0. The van der Waals surface area contributed by atoms with Gasteiger partial charge in [0, 0.05) is 51.0 Å². The highest BCUT2D eigenvalue weighted by Crippen LogP contribution is 2.33. The van der Waals surface area contributed by atoms with E-state index in [9.17, 15) is 9.59 Å². The lowest BCUT2D eigenvalue weighted by Crippen LogP contribution is -2.35. The largest absolute Gasteiger partial charge is 0.377 e. The van der Waals surface area contributed by atoms with E-state index in [0.29, 0.717) is 19.0 Å². The van der Waals surface area contributed by atoms with E-state index < -0.39 is 0 Å². The second-order valence-electron chi connectivity index (χ2n) is 7.61. The van der Waals surface area contributed by atoms with Gasteiger partial charge in [0.15, 0.2) is 0 Å². The molecule has 0 unspecified atom stereocenters. The van der Waals surface area contributed by atoms with Crippen molar-refractivity contribution in [2.24, 2.45) is 11.8 Å². The van der Waals surface area contributed by atoms with Crippen LogP contribution in [0.25, 0.3) is 0 Å². The maximum absolute atomic E-state index is 12.7. The minimum Gasteiger partial charge on any atom is -0.377 e. The molecule has 26 heavy (non-hydrogen) atoms. The molecular weight excluding hydrogens is 328 g/mol. The molecule has 3 amide bonds. The van der Waals surface area contributed by atoms with Crippen LogP contribution in [0.4, 0.5) is 16.2 Å². The second-order valence-corrected chi connectivity index (χ2v) is 7.61. The number of urea groups is 1. The van der Waals surface area contributed by atoms with Gasteiger partial charge in [-0.2, -0.15) is 0 Å². The van der Waals surface area contributed by atoms with E-state index in [1.165, 1.54) is 0 Å². The Bertz CT molecular complexity index is 639. The molecule has 0 bridgehead atoms. The molecule has 1 fully saturated rings. The van der Waals surface area contributed by atoms with Crippen LogP contribution in [0.15, 0.2) is 18.2 Å². The van der Waals surface area contributed by atoms with Crippen molar-refractivity contribution in [3.63, 3.8) is 0 Å². The number of carbonyl (C=O) groups is 2. The van der Waals surface area contributed by atoms with Crippen molar-refractivity contribution >= 4 is 23.3 Å². The summed E-state index contributed by atoms with van der Waals surface area (Å²) in [6.07, 6.45) is 2.01. The minimum atomic E-state index is -0.218. The van der Waals surface area contributed by atoms with Crippen LogP contribution in [0.3, 0.4) is 0 Å². The normalized spacial score (nSPS) is 13.5. The Morgan fingerprint density at radius 2 is 1.92 bits per heavy atom. The smallest absolute Gasteiger partial charge is 0.319 e. The molecule has 6 heteroatoms. The predicted octanol–water partition coefficient (Wildman–Crippen LogP) is 3.29. The van der Waals surface area contributed by atoms with Crippen molar-refractivity contribution in [3.05, 3.63) is 23.8 Å². The maximum Gasteiger partial charge on any atom is 0.319 e. The summed E-state index contributed by atoms with van der Waals surface area (Å²) in [7, 11) is 3.98. The van der Waals surface area contributed by atoms with E-state index in [1.54, 1.807) is 0 Å². The molecule has 2 N–H and O–H groups in total. The Morgan fingerprint density at radius 1 is 1.23 bits per heavy atom. The van der Waals surface area contributed by atoms with Crippen molar-refractivity contribution in [1.29, 1.82) is 0 Å². The third-order valence-corrected chi connectivity index (χ3v) is 4.34. The first-order chi connectivity index (χ1) is 12.3. The van der Waals surface area contributed by atoms with Gasteiger partial charge in [-0.25, -0.2) is 4.79 Å². The molecule has 1 saturated carbocycles. The summed E-state index contributed by atoms with van der Waals surface area (Å²) in [5.41, 5.74) is 2.84. The van der Waals surface area contributed by atoms with Crippen molar-refractivity contribution in [2.45, 2.75) is 40.2 Å². The number of amides is 3. The maximum atomic E-state index is 12.7. The van der Waals surface area contributed by atoms with E-state index in [0.717, 1.165) is 36.3 Å². The van der Waals surface area contributed by atoms with E-state index in [-0.39, 0.29) is 17.9 Å². The number of anilines is 2. The van der Waals surface area contributed by atoms with E-state index in [2.05, 4.69) is 24.5 Å². The molecule has 0 atom stereocenters. The van der Waals surface area contributed by atoms with E-state index in [4.69, 9.17) is 0 Å². The van der Waals surface area contributed by atoms with Gasteiger partial charge in [-0.15, -0.1) is 0 Å². The quantitative estimate of drug-likeness (QED) is 0.748. The summed E-state index contributed by atoms with van der Waals surface area (Å²) in [5, 5.41) is 5.59. The molecule has 0 radical (unpaired) electrons. The van der Waals surface area contributed by atoms with Gasteiger partial charge in [0.25, 0.3) is 0 Å². The fourth-order valence-electron chi connectivity index (χ4n) is 3.03. The Balaban J connectivity index is 2.24. The molecular formula is C20H32N4O2. The molecule has 6 nitrogen and oxygen atoms in total. The van der Waals surface area contributed by atoms with Gasteiger partial charge in [0.2, 0.25) is 5.91 Å². The lowest BCUT2D eigenvalue weighted by atomic mass is 10.1. The highest BCUT2D eigenvalue weighted by atomic mass is 16.2. The average Bonchev–Trinajstić information content (AvgIpc) is 3.38. The molecule has 0 heterocycles. The number of carbonyl (C=O) groups excluding carboxylic acids is 2. The van der Waals surface area contributed by atoms with Crippen LogP contribution in [0.1, 0.15) is 39.2 Å². The summed E-state index contributed by atoms with van der Waals surface area (Å²) >= 11 is 0. The number of hydrogen-bond donors (Lipinski definition) is 2. The Hall–Kier alpha value is -2.24. The zero-order valence-electron chi connectivity index (χ0n) is 16.6. The lowest BCUT2D eigenvalue weighted by molar-refractivity contribution is -0.133. The predicted molar refractivity (Wildman–Crippen MR) is 106 cm³/mol. The lowest BCUT2D eigenvalue weighted by Gasteiger charge is -2.27. The Labute approximate surface area is 156 Å². The molecule has 1 aliphatic rings. The van der Waals surface area contributed by atoms with Crippen LogP contribution >= 0.6 is 0 Å². The molecule has 2 rings (SSSR count). The fourth-order valence-corrected chi connectivity index (χ4v) is 3.03. The van der Waals surface area contributed by atoms with Crippen molar-refractivity contribution in [2.75, 3.05) is 37.4 Å². The van der Waals surface area contributed by atoms with Gasteiger partial charge < -0.3 is 20.4 Å². The topological polar surface area (TPSA) is 64.7 Å². The van der Waals surface area contributed by atoms with Crippen LogP contribution < -0.4 is 15.5 Å². The van der Waals surface area contributed by atoms with Crippen LogP contribution in [0.5, 0.6) is 0 Å².